The van der Waals surface area contributed by atoms with Gasteiger partial charge >= 0.3 is 11.9 Å². The Morgan fingerprint density at radius 2 is 1.48 bits per heavy atom. The second kappa shape index (κ2) is 14.9. The molecule has 2 saturated heterocycles. The summed E-state index contributed by atoms with van der Waals surface area (Å²) in [6.45, 7) is 16.2. The Morgan fingerprint density at radius 3 is 2.18 bits per heavy atom. The van der Waals surface area contributed by atoms with E-state index in [4.69, 9.17) is 28.4 Å². The molecule has 56 heavy (non-hydrogen) atoms. The zero-order valence-corrected chi connectivity index (χ0v) is 34.1. The number of aliphatic hydroxyl groups is 6. The van der Waals surface area contributed by atoms with E-state index in [-0.39, 0.29) is 48.3 Å². The summed E-state index contributed by atoms with van der Waals surface area (Å²) in [5, 5.41) is 63.5. The highest BCUT2D eigenvalue weighted by atomic mass is 16.7. The van der Waals surface area contributed by atoms with Crippen molar-refractivity contribution >= 4 is 11.9 Å². The zero-order chi connectivity index (χ0) is 40.9. The zero-order valence-electron chi connectivity index (χ0n) is 34.1. The fraction of sp³-hybridized carbons (Fsp3) is 0.857. The smallest absolute Gasteiger partial charge is 0.335 e. The Labute approximate surface area is 329 Å². The van der Waals surface area contributed by atoms with Gasteiger partial charge in [0.25, 0.3) is 0 Å². The van der Waals surface area contributed by atoms with Crippen LogP contribution in [0.25, 0.3) is 0 Å². The lowest BCUT2D eigenvalue weighted by atomic mass is 9.35. The molecule has 7 rings (SSSR count). The van der Waals surface area contributed by atoms with Crippen molar-refractivity contribution in [3.8, 4) is 0 Å². The predicted molar refractivity (Wildman–Crippen MR) is 198 cm³/mol. The minimum absolute atomic E-state index is 0.0660. The summed E-state index contributed by atoms with van der Waals surface area (Å²) in [5.74, 6) is -0.584. The van der Waals surface area contributed by atoms with Crippen LogP contribution in [0, 0.1) is 39.4 Å². The van der Waals surface area contributed by atoms with Crippen LogP contribution < -0.4 is 0 Å². The average Bonchev–Trinajstić information content (AvgIpc) is 3.39. The minimum Gasteiger partial charge on any atom is -0.461 e. The first kappa shape index (κ1) is 42.2. The van der Waals surface area contributed by atoms with Gasteiger partial charge in [-0.25, -0.2) is 4.79 Å². The van der Waals surface area contributed by atoms with E-state index in [0.717, 1.165) is 36.8 Å². The van der Waals surface area contributed by atoms with E-state index in [1.165, 1.54) is 6.92 Å². The largest absolute Gasteiger partial charge is 0.461 e. The number of carbonyl (C=O) groups is 2. The fourth-order valence-electron chi connectivity index (χ4n) is 12.5. The maximum atomic E-state index is 14.3. The molecule has 6 N–H and O–H groups in total. The minimum atomic E-state index is -1.62. The van der Waals surface area contributed by atoms with Gasteiger partial charge in [-0.05, 0) is 94.3 Å². The van der Waals surface area contributed by atoms with Crippen molar-refractivity contribution in [3.05, 3.63) is 22.8 Å². The van der Waals surface area contributed by atoms with Crippen LogP contribution in [0.1, 0.15) is 100 Å². The molecule has 0 radical (unpaired) electrons. The summed E-state index contributed by atoms with van der Waals surface area (Å²) in [6.07, 6.45) is -7.58. The van der Waals surface area contributed by atoms with E-state index in [9.17, 15) is 40.2 Å². The Balaban J connectivity index is 1.08. The number of hydrogen-bond donors (Lipinski definition) is 6. The van der Waals surface area contributed by atoms with Crippen molar-refractivity contribution < 1.29 is 68.6 Å². The predicted octanol–water partition coefficient (Wildman–Crippen LogP) is 2.43. The summed E-state index contributed by atoms with van der Waals surface area (Å²) < 4.78 is 35.9. The molecule has 0 aromatic carbocycles. The summed E-state index contributed by atoms with van der Waals surface area (Å²) in [7, 11) is 0. The summed E-state index contributed by atoms with van der Waals surface area (Å²) in [6, 6.07) is 0. The average molecular weight is 793 g/mol. The molecule has 14 nitrogen and oxygen atoms in total. The second-order valence-electron chi connectivity index (χ2n) is 19.3. The lowest BCUT2D eigenvalue weighted by molar-refractivity contribution is -0.344. The van der Waals surface area contributed by atoms with Gasteiger partial charge in [0, 0.05) is 23.5 Å². The first-order valence-electron chi connectivity index (χ1n) is 20.6. The molecule has 0 aromatic rings. The van der Waals surface area contributed by atoms with Crippen molar-refractivity contribution in [1.29, 1.82) is 0 Å². The fourth-order valence-corrected chi connectivity index (χ4v) is 12.5. The molecule has 4 heterocycles. The molecule has 5 fully saturated rings. The van der Waals surface area contributed by atoms with Gasteiger partial charge in [0.1, 0.15) is 55.4 Å². The Kier molecular flexibility index (Phi) is 11.2. The third-order valence-electron chi connectivity index (χ3n) is 15.9. The lowest BCUT2D eigenvalue weighted by Crippen LogP contribution is -2.67. The van der Waals surface area contributed by atoms with Crippen LogP contribution in [-0.2, 0) is 38.0 Å². The number of allylic oxidation sites excluding steroid dienone is 1. The molecular formula is C42H64O14. The van der Waals surface area contributed by atoms with Crippen LogP contribution in [-0.4, -0.2) is 129 Å². The van der Waals surface area contributed by atoms with E-state index >= 15 is 0 Å². The number of hydrogen-bond acceptors (Lipinski definition) is 14. The molecule has 7 aliphatic rings. The van der Waals surface area contributed by atoms with Crippen LogP contribution in [0.2, 0.25) is 0 Å². The Hall–Kier alpha value is -1.98. The van der Waals surface area contributed by atoms with E-state index in [1.54, 1.807) is 0 Å². The number of rotatable bonds is 7. The molecule has 4 aliphatic heterocycles. The molecular weight excluding hydrogens is 728 g/mol. The van der Waals surface area contributed by atoms with Gasteiger partial charge in [-0.1, -0.05) is 39.3 Å². The highest BCUT2D eigenvalue weighted by molar-refractivity contribution is 5.95. The normalized spacial score (nSPS) is 50.1. The van der Waals surface area contributed by atoms with Gasteiger partial charge in [0.15, 0.2) is 12.6 Å². The quantitative estimate of drug-likeness (QED) is 0.124. The standard InChI is InChI=1S/C42H64O14/c1-19(2)9-11-23-21-17-52-38(50)42(8)22(28(21)35(49)54-23)10-12-26-40(6)15-14-27(39(4,5)25(40)13-16-41(26,42)7)56-37-34(48)32(46)30(44)24(55-37)18-51-36-33(47)31(45)29(43)20(3)53-36/h9,20,22-27,29-34,36-37,43-48H,10-18H2,1-8H3. The van der Waals surface area contributed by atoms with E-state index in [2.05, 4.69) is 33.8 Å². The molecule has 3 aliphatic carbocycles. The van der Waals surface area contributed by atoms with Crippen LogP contribution in [0.3, 0.4) is 0 Å². The maximum absolute atomic E-state index is 14.3. The maximum Gasteiger partial charge on any atom is 0.335 e. The van der Waals surface area contributed by atoms with Crippen molar-refractivity contribution in [2.45, 2.75) is 174 Å². The number of carbonyl (C=O) groups excluding carboxylic acids is 2. The summed E-state index contributed by atoms with van der Waals surface area (Å²) in [5.41, 5.74) is 0.525. The van der Waals surface area contributed by atoms with Gasteiger partial charge in [-0.3, -0.25) is 4.79 Å². The van der Waals surface area contributed by atoms with Crippen LogP contribution in [0.4, 0.5) is 0 Å². The third kappa shape index (κ3) is 6.44. The van der Waals surface area contributed by atoms with Crippen LogP contribution >= 0.6 is 0 Å². The lowest BCUT2D eigenvalue weighted by Gasteiger charge is -2.69. The topological polar surface area (TPSA) is 211 Å². The molecule has 18 atom stereocenters. The molecule has 0 spiro atoms. The molecule has 3 saturated carbocycles. The summed E-state index contributed by atoms with van der Waals surface area (Å²) in [4.78, 5) is 28.0. The van der Waals surface area contributed by atoms with Gasteiger partial charge < -0.3 is 59.1 Å². The monoisotopic (exact) mass is 792 g/mol. The first-order chi connectivity index (χ1) is 26.2. The summed E-state index contributed by atoms with van der Waals surface area (Å²) >= 11 is 0. The Bertz CT molecular complexity index is 1590. The van der Waals surface area contributed by atoms with Gasteiger partial charge in [0.2, 0.25) is 0 Å². The molecule has 316 valence electrons. The van der Waals surface area contributed by atoms with Gasteiger partial charge in [0.05, 0.1) is 24.2 Å². The van der Waals surface area contributed by atoms with E-state index < -0.39 is 89.9 Å². The highest BCUT2D eigenvalue weighted by Crippen LogP contribution is 2.73. The SMILES string of the molecule is CC(C)=CCC1OC(=O)C2=C1COC(=O)C1(C)C2CCC2C3(C)CCC(OC4OC(COC5OC(C)C(O)C(O)C5O)C(O)C(O)C4O)C(C)(C)C3CCC21C. The number of esters is 2. The van der Waals surface area contributed by atoms with Crippen molar-refractivity contribution in [2.75, 3.05) is 13.2 Å². The Morgan fingerprint density at radius 1 is 0.804 bits per heavy atom. The van der Waals surface area contributed by atoms with Gasteiger partial charge in [-0.15, -0.1) is 0 Å². The van der Waals surface area contributed by atoms with Crippen molar-refractivity contribution in [1.82, 2.24) is 0 Å². The number of fused-ring (bicyclic) bond motifs is 6. The number of cyclic esters (lactones) is 2. The highest BCUT2D eigenvalue weighted by Gasteiger charge is 2.71. The van der Waals surface area contributed by atoms with Crippen LogP contribution in [0.5, 0.6) is 0 Å². The van der Waals surface area contributed by atoms with Crippen molar-refractivity contribution in [2.24, 2.45) is 39.4 Å². The molecule has 18 unspecified atom stereocenters. The molecule has 14 heteroatoms. The number of ether oxygens (including phenoxy) is 6. The van der Waals surface area contributed by atoms with E-state index in [1.807, 2.05) is 20.8 Å². The van der Waals surface area contributed by atoms with Crippen LogP contribution in [0.15, 0.2) is 22.8 Å². The molecule has 0 amide bonds. The van der Waals surface area contributed by atoms with E-state index in [0.29, 0.717) is 24.8 Å². The molecule has 0 bridgehead atoms. The van der Waals surface area contributed by atoms with Gasteiger partial charge in [-0.2, -0.15) is 0 Å². The second-order valence-corrected chi connectivity index (χ2v) is 19.3. The molecule has 0 aromatic heterocycles. The number of aliphatic hydroxyl groups excluding tert-OH is 6. The third-order valence-corrected chi connectivity index (χ3v) is 15.9. The first-order valence-corrected chi connectivity index (χ1v) is 20.6. The van der Waals surface area contributed by atoms with Crippen molar-refractivity contribution in [3.63, 3.8) is 0 Å².